The predicted octanol–water partition coefficient (Wildman–Crippen LogP) is 9.12. The number of unbranched alkanes of at least 4 members (excludes halogenated alkanes) is 3. The highest BCUT2D eigenvalue weighted by Gasteiger charge is 2.30. The van der Waals surface area contributed by atoms with Crippen molar-refractivity contribution in [3.8, 4) is 0 Å². The van der Waals surface area contributed by atoms with E-state index in [1.165, 1.54) is 38.5 Å². The minimum absolute atomic E-state index is 0.149. The van der Waals surface area contributed by atoms with E-state index < -0.39 is 0 Å². The number of hydrogen-bond acceptors (Lipinski definition) is 3. The number of carbonyl (C=O) groups is 3. The van der Waals surface area contributed by atoms with Crippen molar-refractivity contribution in [1.29, 1.82) is 0 Å². The molecular weight excluding hydrogens is 558 g/mol. The zero-order valence-corrected chi connectivity index (χ0v) is 28.8. The molecule has 6 heteroatoms. The molecule has 6 unspecified atom stereocenters. The second kappa shape index (κ2) is 18.7. The summed E-state index contributed by atoms with van der Waals surface area (Å²) in [5.74, 6) is 0.996. The fourth-order valence-corrected chi connectivity index (χ4v) is 8.40. The molecule has 3 amide bonds. The molecule has 3 N–H and O–H groups in total. The maximum absolute atomic E-state index is 13.8. The molecule has 252 valence electrons. The van der Waals surface area contributed by atoms with Gasteiger partial charge in [0.05, 0.1) is 0 Å². The number of hydrogen-bond donors (Lipinski definition) is 3. The molecule has 3 saturated carbocycles. The molecule has 0 aromatic heterocycles. The van der Waals surface area contributed by atoms with E-state index in [1.54, 1.807) is 18.2 Å². The Bertz CT molecular complexity index is 942. The third-order valence-corrected chi connectivity index (χ3v) is 11.2. The average molecular weight is 622 g/mol. The summed E-state index contributed by atoms with van der Waals surface area (Å²) in [7, 11) is 0. The highest BCUT2D eigenvalue weighted by molar-refractivity contribution is 6.04. The summed E-state index contributed by atoms with van der Waals surface area (Å²) >= 11 is 0. The molecule has 3 fully saturated rings. The molecular formula is C39H63N3O3. The van der Waals surface area contributed by atoms with E-state index in [9.17, 15) is 14.4 Å². The lowest BCUT2D eigenvalue weighted by atomic mass is 9.81. The molecule has 3 aliphatic rings. The first-order valence-electron chi connectivity index (χ1n) is 19.0. The van der Waals surface area contributed by atoms with Gasteiger partial charge in [-0.3, -0.25) is 14.4 Å². The van der Waals surface area contributed by atoms with Gasteiger partial charge in [0.25, 0.3) is 17.7 Å². The van der Waals surface area contributed by atoms with Crippen LogP contribution in [0.3, 0.4) is 0 Å². The SMILES string of the molecule is CCCCC1CCCCC1NC(=O)c1cc(C(=O)NC2CCCCC2CCCC)cc(C(=O)NC2CCCCC2CCCC)c1. The van der Waals surface area contributed by atoms with Crippen LogP contribution in [0.2, 0.25) is 0 Å². The van der Waals surface area contributed by atoms with Gasteiger partial charge >= 0.3 is 0 Å². The van der Waals surface area contributed by atoms with Gasteiger partial charge < -0.3 is 16.0 Å². The van der Waals surface area contributed by atoms with Crippen molar-refractivity contribution in [3.63, 3.8) is 0 Å². The molecule has 1 aromatic rings. The van der Waals surface area contributed by atoms with Gasteiger partial charge in [-0.1, -0.05) is 97.8 Å². The van der Waals surface area contributed by atoms with Crippen LogP contribution in [-0.4, -0.2) is 35.8 Å². The standard InChI is InChI=1S/C39H63N3O3/c1-4-7-16-28-19-10-13-22-34(28)40-37(43)31-25-32(38(44)41-35-23-14-11-20-29(35)17-8-5-2)27-33(26-31)39(45)42-36-24-15-12-21-30(36)18-9-6-3/h25-30,34-36H,4-24H2,1-3H3,(H,40,43)(H,41,44)(H,42,45). The van der Waals surface area contributed by atoms with Crippen LogP contribution in [0.4, 0.5) is 0 Å². The molecule has 1 aromatic carbocycles. The van der Waals surface area contributed by atoms with Gasteiger partial charge in [-0.05, 0) is 93.7 Å². The average Bonchev–Trinajstić information content (AvgIpc) is 3.06. The van der Waals surface area contributed by atoms with Crippen molar-refractivity contribution in [1.82, 2.24) is 16.0 Å². The lowest BCUT2D eigenvalue weighted by Crippen LogP contribution is -2.44. The molecule has 0 spiro atoms. The fourth-order valence-electron chi connectivity index (χ4n) is 8.40. The first-order valence-corrected chi connectivity index (χ1v) is 19.0. The Kier molecular flexibility index (Phi) is 14.7. The van der Waals surface area contributed by atoms with Crippen molar-refractivity contribution in [3.05, 3.63) is 34.9 Å². The normalized spacial score (nSPS) is 27.0. The third kappa shape index (κ3) is 10.6. The highest BCUT2D eigenvalue weighted by Crippen LogP contribution is 2.31. The minimum Gasteiger partial charge on any atom is -0.349 e. The van der Waals surface area contributed by atoms with Crippen molar-refractivity contribution in [2.45, 2.75) is 174 Å². The van der Waals surface area contributed by atoms with Crippen molar-refractivity contribution in [2.24, 2.45) is 17.8 Å². The minimum atomic E-state index is -0.163. The van der Waals surface area contributed by atoms with Gasteiger partial charge in [0.15, 0.2) is 0 Å². The molecule has 0 aliphatic heterocycles. The maximum Gasteiger partial charge on any atom is 0.251 e. The summed E-state index contributed by atoms with van der Waals surface area (Å²) in [6.07, 6.45) is 23.9. The Balaban J connectivity index is 1.56. The quantitative estimate of drug-likeness (QED) is 0.183. The first kappa shape index (κ1) is 35.5. The first-order chi connectivity index (χ1) is 21.9. The van der Waals surface area contributed by atoms with E-state index in [0.29, 0.717) is 34.4 Å². The fraction of sp³-hybridized carbons (Fsp3) is 0.769. The largest absolute Gasteiger partial charge is 0.349 e. The molecule has 45 heavy (non-hydrogen) atoms. The molecule has 4 rings (SSSR count). The second-order valence-electron chi connectivity index (χ2n) is 14.6. The van der Waals surface area contributed by atoms with Crippen molar-refractivity contribution >= 4 is 17.7 Å². The van der Waals surface area contributed by atoms with Gasteiger partial charge in [-0.25, -0.2) is 0 Å². The molecule has 0 heterocycles. The maximum atomic E-state index is 13.8. The smallest absolute Gasteiger partial charge is 0.251 e. The van der Waals surface area contributed by atoms with Crippen LogP contribution in [0.1, 0.15) is 187 Å². The van der Waals surface area contributed by atoms with Crippen LogP contribution in [0.15, 0.2) is 18.2 Å². The Hall–Kier alpha value is -2.37. The van der Waals surface area contributed by atoms with Crippen LogP contribution < -0.4 is 16.0 Å². The second-order valence-corrected chi connectivity index (χ2v) is 14.6. The number of benzene rings is 1. The summed E-state index contributed by atoms with van der Waals surface area (Å²) in [5.41, 5.74) is 1.26. The van der Waals surface area contributed by atoms with Crippen molar-refractivity contribution < 1.29 is 14.4 Å². The third-order valence-electron chi connectivity index (χ3n) is 11.2. The van der Waals surface area contributed by atoms with E-state index in [0.717, 1.165) is 96.3 Å². The Labute approximate surface area is 274 Å². The van der Waals surface area contributed by atoms with Crippen LogP contribution in [0.5, 0.6) is 0 Å². The van der Waals surface area contributed by atoms with Gasteiger partial charge in [0, 0.05) is 34.8 Å². The summed E-state index contributed by atoms with van der Waals surface area (Å²) in [6.45, 7) is 6.66. The molecule has 3 aliphatic carbocycles. The van der Waals surface area contributed by atoms with Crippen LogP contribution in [-0.2, 0) is 0 Å². The number of nitrogens with one attached hydrogen (secondary N) is 3. The summed E-state index contributed by atoms with van der Waals surface area (Å²) in [6, 6.07) is 5.61. The Morgan fingerprint density at radius 3 is 1.02 bits per heavy atom. The summed E-state index contributed by atoms with van der Waals surface area (Å²) < 4.78 is 0. The molecule has 0 bridgehead atoms. The monoisotopic (exact) mass is 621 g/mol. The Morgan fingerprint density at radius 1 is 0.489 bits per heavy atom. The predicted molar refractivity (Wildman–Crippen MR) is 185 cm³/mol. The molecule has 0 saturated heterocycles. The topological polar surface area (TPSA) is 87.3 Å². The van der Waals surface area contributed by atoms with Gasteiger partial charge in [0.2, 0.25) is 0 Å². The molecule has 0 radical (unpaired) electrons. The lowest BCUT2D eigenvalue weighted by Gasteiger charge is -2.33. The number of carbonyl (C=O) groups excluding carboxylic acids is 3. The van der Waals surface area contributed by atoms with Crippen molar-refractivity contribution in [2.75, 3.05) is 0 Å². The van der Waals surface area contributed by atoms with E-state index in [4.69, 9.17) is 0 Å². The van der Waals surface area contributed by atoms with E-state index in [1.807, 2.05) is 0 Å². The zero-order valence-electron chi connectivity index (χ0n) is 28.8. The number of amides is 3. The van der Waals surface area contributed by atoms with Crippen LogP contribution >= 0.6 is 0 Å². The summed E-state index contributed by atoms with van der Waals surface area (Å²) in [4.78, 5) is 41.5. The molecule has 6 nitrogen and oxygen atoms in total. The Morgan fingerprint density at radius 2 is 0.756 bits per heavy atom. The lowest BCUT2D eigenvalue weighted by molar-refractivity contribution is 0.0902. The van der Waals surface area contributed by atoms with Crippen LogP contribution in [0, 0.1) is 17.8 Å². The van der Waals surface area contributed by atoms with Gasteiger partial charge in [-0.2, -0.15) is 0 Å². The summed E-state index contributed by atoms with van der Waals surface area (Å²) in [5, 5.41) is 10.0. The van der Waals surface area contributed by atoms with E-state index in [-0.39, 0.29) is 35.8 Å². The van der Waals surface area contributed by atoms with Gasteiger partial charge in [0.1, 0.15) is 0 Å². The van der Waals surface area contributed by atoms with Crippen LogP contribution in [0.25, 0.3) is 0 Å². The van der Waals surface area contributed by atoms with E-state index >= 15 is 0 Å². The zero-order chi connectivity index (χ0) is 32.0. The van der Waals surface area contributed by atoms with Gasteiger partial charge in [-0.15, -0.1) is 0 Å². The molecule has 6 atom stereocenters. The highest BCUT2D eigenvalue weighted by atomic mass is 16.2. The number of rotatable bonds is 15. The van der Waals surface area contributed by atoms with E-state index in [2.05, 4.69) is 36.7 Å².